The largest absolute Gasteiger partial charge is 0.465 e. The highest BCUT2D eigenvalue weighted by Gasteiger charge is 2.30. The van der Waals surface area contributed by atoms with Gasteiger partial charge < -0.3 is 4.74 Å². The van der Waals surface area contributed by atoms with Gasteiger partial charge in [0.15, 0.2) is 5.78 Å². The zero-order valence-electron chi connectivity index (χ0n) is 10.9. The van der Waals surface area contributed by atoms with Crippen LogP contribution in [0.25, 0.3) is 0 Å². The Labute approximate surface area is 110 Å². The molecule has 1 aromatic carbocycles. The van der Waals surface area contributed by atoms with Gasteiger partial charge in [0.1, 0.15) is 17.6 Å². The third-order valence-electron chi connectivity index (χ3n) is 2.66. The van der Waals surface area contributed by atoms with Crippen LogP contribution in [-0.4, -0.2) is 18.4 Å². The lowest BCUT2D eigenvalue weighted by Gasteiger charge is -2.14. The van der Waals surface area contributed by atoms with Gasteiger partial charge in [-0.2, -0.15) is 0 Å². The number of Topliss-reactive ketones (excluding diaryl/α,β-unsaturated/α-hetero) is 1. The van der Waals surface area contributed by atoms with Crippen LogP contribution in [0, 0.1) is 17.6 Å². The van der Waals surface area contributed by atoms with Crippen LogP contribution in [0.15, 0.2) is 18.2 Å². The van der Waals surface area contributed by atoms with Crippen LogP contribution in [-0.2, 0) is 9.53 Å². The fourth-order valence-corrected chi connectivity index (χ4v) is 1.76. The lowest BCUT2D eigenvalue weighted by atomic mass is 9.93. The molecule has 0 aliphatic heterocycles. The Morgan fingerprint density at radius 3 is 2.53 bits per heavy atom. The van der Waals surface area contributed by atoms with E-state index in [9.17, 15) is 18.4 Å². The van der Waals surface area contributed by atoms with E-state index in [1.54, 1.807) is 13.8 Å². The van der Waals surface area contributed by atoms with Crippen LogP contribution in [0.3, 0.4) is 0 Å². The molecule has 0 saturated carbocycles. The van der Waals surface area contributed by atoms with E-state index in [1.165, 1.54) is 0 Å². The number of ether oxygens (including phenoxy) is 1. The summed E-state index contributed by atoms with van der Waals surface area (Å²) in [5, 5.41) is 0. The molecule has 0 saturated heterocycles. The molecule has 0 N–H and O–H groups in total. The molecular weight excluding hydrogens is 254 g/mol. The third-order valence-corrected chi connectivity index (χ3v) is 2.66. The van der Waals surface area contributed by atoms with Crippen molar-refractivity contribution in [3.8, 4) is 0 Å². The fourth-order valence-electron chi connectivity index (χ4n) is 1.76. The lowest BCUT2D eigenvalue weighted by molar-refractivity contribution is -0.146. The van der Waals surface area contributed by atoms with Crippen LogP contribution >= 0.6 is 0 Å². The van der Waals surface area contributed by atoms with Gasteiger partial charge in [0.2, 0.25) is 0 Å². The summed E-state index contributed by atoms with van der Waals surface area (Å²) in [7, 11) is 0. The van der Waals surface area contributed by atoms with Gasteiger partial charge in [-0.15, -0.1) is 0 Å². The van der Waals surface area contributed by atoms with Gasteiger partial charge in [-0.25, -0.2) is 8.78 Å². The Bertz CT molecular complexity index is 472. The number of rotatable bonds is 6. The molecule has 1 atom stereocenters. The second-order valence-corrected chi connectivity index (χ2v) is 4.08. The van der Waals surface area contributed by atoms with Gasteiger partial charge in [-0.1, -0.05) is 13.3 Å². The molecule has 0 bridgehead atoms. The standard InChI is InChI=1S/C14H16F2O3/c1-3-5-10(14(18)19-4-2)13(17)11-8-9(15)6-7-12(11)16/h6-8,10H,3-5H2,1-2H3. The number of benzene rings is 1. The topological polar surface area (TPSA) is 43.4 Å². The van der Waals surface area contributed by atoms with Crippen LogP contribution in [0.5, 0.6) is 0 Å². The van der Waals surface area contributed by atoms with E-state index in [0.29, 0.717) is 6.42 Å². The third kappa shape index (κ3) is 3.84. The average molecular weight is 270 g/mol. The van der Waals surface area contributed by atoms with Crippen molar-refractivity contribution in [2.45, 2.75) is 26.7 Å². The van der Waals surface area contributed by atoms with Gasteiger partial charge in [-0.3, -0.25) is 9.59 Å². The molecule has 1 aromatic rings. The first-order chi connectivity index (χ1) is 9.01. The Kier molecular flexibility index (Phi) is 5.60. The van der Waals surface area contributed by atoms with Crippen LogP contribution in [0.1, 0.15) is 37.0 Å². The van der Waals surface area contributed by atoms with E-state index in [1.807, 2.05) is 0 Å². The summed E-state index contributed by atoms with van der Waals surface area (Å²) in [6.07, 6.45) is 0.805. The minimum atomic E-state index is -1.08. The van der Waals surface area contributed by atoms with E-state index < -0.39 is 34.9 Å². The number of esters is 1. The predicted octanol–water partition coefficient (Wildman–Crippen LogP) is 3.13. The fraction of sp³-hybridized carbons (Fsp3) is 0.429. The van der Waals surface area contributed by atoms with Crippen molar-refractivity contribution >= 4 is 11.8 Å². The van der Waals surface area contributed by atoms with E-state index in [4.69, 9.17) is 4.74 Å². The molecule has 0 fully saturated rings. The van der Waals surface area contributed by atoms with Gasteiger partial charge >= 0.3 is 5.97 Å². The molecular formula is C14H16F2O3. The summed E-state index contributed by atoms with van der Waals surface area (Å²) in [4.78, 5) is 23.8. The normalized spacial score (nSPS) is 12.0. The van der Waals surface area contributed by atoms with Gasteiger partial charge in [0.25, 0.3) is 0 Å². The first kappa shape index (κ1) is 15.3. The summed E-state index contributed by atoms with van der Waals surface area (Å²) < 4.78 is 31.4. The first-order valence-corrected chi connectivity index (χ1v) is 6.17. The minimum Gasteiger partial charge on any atom is -0.465 e. The Hall–Kier alpha value is -1.78. The summed E-state index contributed by atoms with van der Waals surface area (Å²) in [6, 6.07) is 2.60. The van der Waals surface area contributed by atoms with E-state index in [0.717, 1.165) is 18.2 Å². The molecule has 0 spiro atoms. The molecule has 19 heavy (non-hydrogen) atoms. The van der Waals surface area contributed by atoms with E-state index in [-0.39, 0.29) is 13.0 Å². The summed E-state index contributed by atoms with van der Waals surface area (Å²) >= 11 is 0. The number of ketones is 1. The maximum Gasteiger partial charge on any atom is 0.316 e. The van der Waals surface area contributed by atoms with Crippen molar-refractivity contribution < 1.29 is 23.1 Å². The average Bonchev–Trinajstić information content (AvgIpc) is 2.38. The van der Waals surface area contributed by atoms with Gasteiger partial charge in [-0.05, 0) is 31.5 Å². The summed E-state index contributed by atoms with van der Waals surface area (Å²) in [6.45, 7) is 3.55. The summed E-state index contributed by atoms with van der Waals surface area (Å²) in [5.41, 5.74) is -0.411. The Balaban J connectivity index is 3.05. The van der Waals surface area contributed by atoms with Crippen molar-refractivity contribution in [3.05, 3.63) is 35.4 Å². The lowest BCUT2D eigenvalue weighted by Crippen LogP contribution is -2.27. The van der Waals surface area contributed by atoms with Crippen LogP contribution < -0.4 is 0 Å². The number of carbonyl (C=O) groups is 2. The van der Waals surface area contributed by atoms with Crippen LogP contribution in [0.4, 0.5) is 8.78 Å². The van der Waals surface area contributed by atoms with Crippen molar-refractivity contribution in [1.82, 2.24) is 0 Å². The number of hydrogen-bond acceptors (Lipinski definition) is 3. The summed E-state index contributed by atoms with van der Waals surface area (Å²) in [5.74, 6) is -4.07. The monoisotopic (exact) mass is 270 g/mol. The Morgan fingerprint density at radius 1 is 1.26 bits per heavy atom. The van der Waals surface area contributed by atoms with Crippen molar-refractivity contribution in [1.29, 1.82) is 0 Å². The predicted molar refractivity (Wildman–Crippen MR) is 65.7 cm³/mol. The highest BCUT2D eigenvalue weighted by atomic mass is 19.1. The molecule has 0 aliphatic rings. The highest BCUT2D eigenvalue weighted by molar-refractivity contribution is 6.08. The molecule has 0 heterocycles. The first-order valence-electron chi connectivity index (χ1n) is 6.17. The molecule has 1 unspecified atom stereocenters. The SMILES string of the molecule is CCCC(C(=O)OCC)C(=O)c1cc(F)ccc1F. The van der Waals surface area contributed by atoms with Gasteiger partial charge in [0, 0.05) is 0 Å². The highest BCUT2D eigenvalue weighted by Crippen LogP contribution is 2.19. The second-order valence-electron chi connectivity index (χ2n) is 4.08. The minimum absolute atomic E-state index is 0.137. The second kappa shape index (κ2) is 6.97. The molecule has 104 valence electrons. The maximum atomic E-state index is 13.5. The zero-order valence-corrected chi connectivity index (χ0v) is 10.9. The molecule has 5 heteroatoms. The quantitative estimate of drug-likeness (QED) is 0.453. The number of hydrogen-bond donors (Lipinski definition) is 0. The molecule has 0 aliphatic carbocycles. The number of halogens is 2. The van der Waals surface area contributed by atoms with Crippen molar-refractivity contribution in [3.63, 3.8) is 0 Å². The van der Waals surface area contributed by atoms with Gasteiger partial charge in [0.05, 0.1) is 12.2 Å². The van der Waals surface area contributed by atoms with E-state index in [2.05, 4.69) is 0 Å². The molecule has 0 radical (unpaired) electrons. The number of carbonyl (C=O) groups excluding carboxylic acids is 2. The molecule has 0 aromatic heterocycles. The van der Waals surface area contributed by atoms with Crippen molar-refractivity contribution in [2.75, 3.05) is 6.61 Å². The maximum absolute atomic E-state index is 13.5. The van der Waals surface area contributed by atoms with E-state index >= 15 is 0 Å². The van der Waals surface area contributed by atoms with Crippen molar-refractivity contribution in [2.24, 2.45) is 5.92 Å². The molecule has 0 amide bonds. The molecule has 1 rings (SSSR count). The molecule has 3 nitrogen and oxygen atoms in total. The smallest absolute Gasteiger partial charge is 0.316 e. The Morgan fingerprint density at radius 2 is 1.95 bits per heavy atom. The van der Waals surface area contributed by atoms with Crippen LogP contribution in [0.2, 0.25) is 0 Å². The zero-order chi connectivity index (χ0) is 14.4.